The Hall–Kier alpha value is -0.743. The standard InChI is InChI=1S/C28H49NO5S2Si/c1-17(2)22-16-36-27(35)29(22)25(30)24(34-26(31)28(9,10)11)23-14-12-13-21(33-23)15-32-37(18(3)4,19(5)6)20(7)8/h12,14,17-24H,13,15-16H2,1-11H3/t21-,22+,23-,24+/m0/s1. The molecule has 1 saturated heterocycles. The van der Waals surface area contributed by atoms with Gasteiger partial charge in [-0.3, -0.25) is 14.5 Å². The fourth-order valence-corrected chi connectivity index (χ4v) is 12.7. The SMILES string of the molecule is CC(C)[C@H]1CSC(=S)N1C(=O)[C@H](OC(=O)C(C)(C)C)[C@@H]1C=CC[C@@H](CO[Si](C(C)C)(C(C)C)C(C)C)O1. The molecule has 2 aliphatic heterocycles. The molecule has 2 aliphatic rings. The van der Waals surface area contributed by atoms with E-state index in [0.717, 1.165) is 5.75 Å². The van der Waals surface area contributed by atoms with Crippen LogP contribution in [-0.2, 0) is 23.5 Å². The first kappa shape index (κ1) is 32.5. The molecular weight excluding hydrogens is 523 g/mol. The maximum absolute atomic E-state index is 13.9. The van der Waals surface area contributed by atoms with Crippen molar-refractivity contribution < 1.29 is 23.5 Å². The van der Waals surface area contributed by atoms with Crippen molar-refractivity contribution in [2.45, 2.75) is 124 Å². The predicted molar refractivity (Wildman–Crippen MR) is 159 cm³/mol. The molecule has 0 saturated carbocycles. The third-order valence-corrected chi connectivity index (χ3v) is 15.2. The number of thiocarbonyl (C=S) groups is 1. The van der Waals surface area contributed by atoms with E-state index in [4.69, 9.17) is 26.1 Å². The Labute approximate surface area is 235 Å². The zero-order chi connectivity index (χ0) is 28.3. The molecule has 9 heteroatoms. The number of thioether (sulfide) groups is 1. The Kier molecular flexibility index (Phi) is 11.5. The highest BCUT2D eigenvalue weighted by molar-refractivity contribution is 8.23. The zero-order valence-corrected chi connectivity index (χ0v) is 27.3. The first-order valence-corrected chi connectivity index (χ1v) is 17.2. The Morgan fingerprint density at radius 1 is 1.11 bits per heavy atom. The third kappa shape index (κ3) is 7.47. The van der Waals surface area contributed by atoms with Crippen LogP contribution in [0.15, 0.2) is 12.2 Å². The summed E-state index contributed by atoms with van der Waals surface area (Å²) in [6, 6.07) is -0.0396. The van der Waals surface area contributed by atoms with Crippen LogP contribution in [0, 0.1) is 11.3 Å². The molecule has 0 aliphatic carbocycles. The molecule has 0 bridgehead atoms. The van der Waals surface area contributed by atoms with E-state index in [-0.39, 0.29) is 24.0 Å². The van der Waals surface area contributed by atoms with Crippen LogP contribution in [0.5, 0.6) is 0 Å². The lowest BCUT2D eigenvalue weighted by atomic mass is 9.97. The number of hydrogen-bond donors (Lipinski definition) is 0. The third-order valence-electron chi connectivity index (χ3n) is 7.60. The molecule has 212 valence electrons. The topological polar surface area (TPSA) is 65.1 Å². The molecule has 0 spiro atoms. The summed E-state index contributed by atoms with van der Waals surface area (Å²) in [5, 5.41) is 0. The van der Waals surface area contributed by atoms with Crippen molar-refractivity contribution in [2.24, 2.45) is 11.3 Å². The summed E-state index contributed by atoms with van der Waals surface area (Å²) in [5.74, 6) is 0.219. The Morgan fingerprint density at radius 2 is 1.68 bits per heavy atom. The largest absolute Gasteiger partial charge is 0.449 e. The average molecular weight is 572 g/mol. The van der Waals surface area contributed by atoms with Crippen molar-refractivity contribution >= 4 is 48.5 Å². The number of carbonyl (C=O) groups excluding carboxylic acids is 2. The molecule has 1 amide bonds. The van der Waals surface area contributed by atoms with Crippen LogP contribution < -0.4 is 0 Å². The average Bonchev–Trinajstić information content (AvgIpc) is 3.17. The summed E-state index contributed by atoms with van der Waals surface area (Å²) in [7, 11) is -2.07. The minimum Gasteiger partial charge on any atom is -0.449 e. The molecule has 0 aromatic rings. The van der Waals surface area contributed by atoms with Gasteiger partial charge >= 0.3 is 5.97 Å². The quantitative estimate of drug-likeness (QED) is 0.125. The van der Waals surface area contributed by atoms with Gasteiger partial charge in [0.05, 0.1) is 24.2 Å². The molecule has 2 rings (SSSR count). The number of nitrogens with zero attached hydrogens (tertiary/aromatic N) is 1. The van der Waals surface area contributed by atoms with E-state index in [0.29, 0.717) is 34.0 Å². The van der Waals surface area contributed by atoms with Gasteiger partial charge in [0.25, 0.3) is 5.91 Å². The first-order chi connectivity index (χ1) is 17.0. The number of ether oxygens (including phenoxy) is 2. The Morgan fingerprint density at radius 3 is 2.16 bits per heavy atom. The van der Waals surface area contributed by atoms with E-state index in [1.165, 1.54) is 11.8 Å². The minimum atomic E-state index is -2.07. The van der Waals surface area contributed by atoms with Gasteiger partial charge in [0.15, 0.2) is 8.32 Å². The van der Waals surface area contributed by atoms with E-state index in [1.807, 2.05) is 12.2 Å². The van der Waals surface area contributed by atoms with Gasteiger partial charge in [-0.25, -0.2) is 0 Å². The Balaban J connectivity index is 2.30. The van der Waals surface area contributed by atoms with Gasteiger partial charge in [-0.05, 0) is 49.7 Å². The number of amides is 1. The zero-order valence-electron chi connectivity index (χ0n) is 24.7. The van der Waals surface area contributed by atoms with Crippen LogP contribution in [0.2, 0.25) is 16.6 Å². The number of esters is 1. The second-order valence-electron chi connectivity index (χ2n) is 12.7. The summed E-state index contributed by atoms with van der Waals surface area (Å²) in [5.41, 5.74) is 0.636. The number of rotatable bonds is 10. The number of carbonyl (C=O) groups is 2. The molecule has 0 aromatic heterocycles. The van der Waals surface area contributed by atoms with Crippen molar-refractivity contribution in [1.29, 1.82) is 0 Å². The molecule has 1 fully saturated rings. The van der Waals surface area contributed by atoms with Crippen LogP contribution in [0.1, 0.15) is 82.6 Å². The lowest BCUT2D eigenvalue weighted by Crippen LogP contribution is -2.54. The van der Waals surface area contributed by atoms with Gasteiger partial charge in [-0.15, -0.1) is 0 Å². The molecule has 0 radical (unpaired) electrons. The van der Waals surface area contributed by atoms with E-state index >= 15 is 0 Å². The van der Waals surface area contributed by atoms with Crippen LogP contribution in [0.25, 0.3) is 0 Å². The summed E-state index contributed by atoms with van der Waals surface area (Å²) < 4.78 is 19.7. The van der Waals surface area contributed by atoms with Crippen molar-refractivity contribution in [2.75, 3.05) is 12.4 Å². The van der Waals surface area contributed by atoms with Crippen molar-refractivity contribution in [1.82, 2.24) is 4.90 Å². The summed E-state index contributed by atoms with van der Waals surface area (Å²) in [6.45, 7) is 23.5. The summed E-state index contributed by atoms with van der Waals surface area (Å²) in [6.07, 6.45) is 2.54. The molecule has 2 heterocycles. The lowest BCUT2D eigenvalue weighted by molar-refractivity contribution is -0.177. The van der Waals surface area contributed by atoms with E-state index in [9.17, 15) is 9.59 Å². The maximum Gasteiger partial charge on any atom is 0.312 e. The van der Waals surface area contributed by atoms with Crippen molar-refractivity contribution in [3.8, 4) is 0 Å². The van der Waals surface area contributed by atoms with Gasteiger partial charge in [-0.2, -0.15) is 0 Å². The highest BCUT2D eigenvalue weighted by Crippen LogP contribution is 2.42. The maximum atomic E-state index is 13.9. The van der Waals surface area contributed by atoms with Gasteiger partial charge in [0.1, 0.15) is 10.4 Å². The van der Waals surface area contributed by atoms with Gasteiger partial charge in [0.2, 0.25) is 6.10 Å². The van der Waals surface area contributed by atoms with E-state index < -0.39 is 31.9 Å². The monoisotopic (exact) mass is 571 g/mol. The van der Waals surface area contributed by atoms with Crippen LogP contribution in [0.4, 0.5) is 0 Å². The van der Waals surface area contributed by atoms with Crippen LogP contribution >= 0.6 is 24.0 Å². The molecule has 4 atom stereocenters. The second kappa shape index (κ2) is 13.1. The van der Waals surface area contributed by atoms with Crippen molar-refractivity contribution in [3.63, 3.8) is 0 Å². The number of hydrogen-bond acceptors (Lipinski definition) is 7. The predicted octanol–water partition coefficient (Wildman–Crippen LogP) is 6.74. The summed E-state index contributed by atoms with van der Waals surface area (Å²) in [4.78, 5) is 28.6. The molecule has 0 N–H and O–H groups in total. The smallest absolute Gasteiger partial charge is 0.312 e. The van der Waals surface area contributed by atoms with Gasteiger partial charge < -0.3 is 13.9 Å². The molecule has 0 unspecified atom stereocenters. The molecule has 6 nitrogen and oxygen atoms in total. The lowest BCUT2D eigenvalue weighted by Gasteiger charge is -2.43. The second-order valence-corrected chi connectivity index (χ2v) is 19.8. The van der Waals surface area contributed by atoms with Crippen LogP contribution in [-0.4, -0.2) is 66.1 Å². The fraction of sp³-hybridized carbons (Fsp3) is 0.821. The minimum absolute atomic E-state index is 0.0396. The van der Waals surface area contributed by atoms with E-state index in [1.54, 1.807) is 25.7 Å². The Bertz CT molecular complexity index is 830. The molecular formula is C28H49NO5S2Si. The van der Waals surface area contributed by atoms with Gasteiger partial charge in [-0.1, -0.05) is 91.5 Å². The first-order valence-electron chi connectivity index (χ1n) is 13.7. The fourth-order valence-electron chi connectivity index (χ4n) is 5.57. The highest BCUT2D eigenvalue weighted by atomic mass is 32.2. The highest BCUT2D eigenvalue weighted by Gasteiger charge is 2.47. The molecule has 0 aromatic carbocycles. The summed E-state index contributed by atoms with van der Waals surface area (Å²) >= 11 is 7.05. The molecule has 37 heavy (non-hydrogen) atoms. The van der Waals surface area contributed by atoms with Gasteiger partial charge in [0, 0.05) is 5.75 Å². The van der Waals surface area contributed by atoms with Crippen LogP contribution in [0.3, 0.4) is 0 Å². The van der Waals surface area contributed by atoms with E-state index in [2.05, 4.69) is 55.4 Å². The normalized spacial score (nSPS) is 24.0. The van der Waals surface area contributed by atoms with Crippen molar-refractivity contribution in [3.05, 3.63) is 12.2 Å².